The van der Waals surface area contributed by atoms with Gasteiger partial charge < -0.3 is 18.9 Å². The highest BCUT2D eigenvalue weighted by Crippen LogP contribution is 2.24. The van der Waals surface area contributed by atoms with Crippen LogP contribution in [0.25, 0.3) is 6.08 Å². The summed E-state index contributed by atoms with van der Waals surface area (Å²) in [6.07, 6.45) is 16.1. The van der Waals surface area contributed by atoms with Crippen molar-refractivity contribution in [3.8, 4) is 5.75 Å². The summed E-state index contributed by atoms with van der Waals surface area (Å²) in [5, 5.41) is 22.0. The van der Waals surface area contributed by atoms with E-state index in [2.05, 4.69) is 42.0 Å². The van der Waals surface area contributed by atoms with E-state index in [1.54, 1.807) is 12.1 Å². The maximum atomic E-state index is 12.7. The van der Waals surface area contributed by atoms with Crippen LogP contribution in [0, 0.1) is 20.2 Å². The van der Waals surface area contributed by atoms with E-state index in [9.17, 15) is 44.2 Å². The van der Waals surface area contributed by atoms with Crippen LogP contribution in [-0.2, 0) is 25.4 Å². The van der Waals surface area contributed by atoms with Crippen LogP contribution in [0.3, 0.4) is 0 Å². The molecule has 0 bridgehead atoms. The molecule has 15 heteroatoms. The van der Waals surface area contributed by atoms with E-state index in [0.29, 0.717) is 24.7 Å². The summed E-state index contributed by atoms with van der Waals surface area (Å²) in [6.45, 7) is 2.48. The lowest BCUT2D eigenvalue weighted by atomic mass is 10.1. The van der Waals surface area contributed by atoms with Gasteiger partial charge in [-0.15, -0.1) is 0 Å². The zero-order valence-corrected chi connectivity index (χ0v) is 35.7. The Morgan fingerprint density at radius 3 is 1.73 bits per heavy atom. The van der Waals surface area contributed by atoms with Gasteiger partial charge in [-0.2, -0.15) is 0 Å². The average molecular weight is 867 g/mol. The van der Waals surface area contributed by atoms with E-state index in [0.717, 1.165) is 63.1 Å². The molecule has 0 aliphatic heterocycles. The van der Waals surface area contributed by atoms with Gasteiger partial charge in [0, 0.05) is 23.8 Å². The molecule has 0 N–H and O–H groups in total. The van der Waals surface area contributed by atoms with E-state index in [-0.39, 0.29) is 41.2 Å². The van der Waals surface area contributed by atoms with Gasteiger partial charge >= 0.3 is 23.9 Å². The zero-order valence-electron chi connectivity index (χ0n) is 35.7. The van der Waals surface area contributed by atoms with E-state index < -0.39 is 45.1 Å². The maximum Gasteiger partial charge on any atom is 0.343 e. The van der Waals surface area contributed by atoms with Gasteiger partial charge in [0.15, 0.2) is 6.29 Å². The van der Waals surface area contributed by atoms with Gasteiger partial charge in [-0.05, 0) is 73.2 Å². The molecule has 0 spiro atoms. The number of rotatable bonds is 25. The number of benzene rings is 4. The van der Waals surface area contributed by atoms with Crippen molar-refractivity contribution < 1.29 is 52.8 Å². The minimum Gasteiger partial charge on any atom is -0.466 e. The maximum absolute atomic E-state index is 12.7. The molecule has 15 nitrogen and oxygen atoms in total. The highest BCUT2D eigenvalue weighted by Gasteiger charge is 2.21. The summed E-state index contributed by atoms with van der Waals surface area (Å²) in [5.74, 6) is -2.70. The minimum atomic E-state index is -0.858. The van der Waals surface area contributed by atoms with E-state index in [4.69, 9.17) is 14.2 Å². The predicted molar refractivity (Wildman–Crippen MR) is 236 cm³/mol. The van der Waals surface area contributed by atoms with Crippen LogP contribution < -0.4 is 4.74 Å². The van der Waals surface area contributed by atoms with Crippen LogP contribution in [-0.4, -0.2) is 60.3 Å². The Morgan fingerprint density at radius 2 is 1.19 bits per heavy atom. The van der Waals surface area contributed by atoms with Crippen LogP contribution in [0.15, 0.2) is 97.1 Å². The number of hydrogen-bond donors (Lipinski definition) is 0. The molecular weight excluding hydrogens is 813 g/mol. The number of hydrogen-bond acceptors (Lipinski definition) is 13. The Morgan fingerprint density at radius 1 is 0.619 bits per heavy atom. The minimum absolute atomic E-state index is 0.0219. The highest BCUT2D eigenvalue weighted by atomic mass is 16.6. The summed E-state index contributed by atoms with van der Waals surface area (Å²) in [6, 6.07) is 23.7. The first-order valence-corrected chi connectivity index (χ1v) is 20.9. The van der Waals surface area contributed by atoms with E-state index in [1.165, 1.54) is 80.8 Å². The van der Waals surface area contributed by atoms with Crippen molar-refractivity contribution in [3.63, 3.8) is 0 Å². The van der Waals surface area contributed by atoms with Crippen LogP contribution in [0.4, 0.5) is 11.4 Å². The molecule has 0 aliphatic rings. The van der Waals surface area contributed by atoms with Crippen molar-refractivity contribution in [2.24, 2.45) is 0 Å². The first-order valence-electron chi connectivity index (χ1n) is 20.9. The van der Waals surface area contributed by atoms with E-state index >= 15 is 0 Å². The monoisotopic (exact) mass is 866 g/mol. The molecule has 4 rings (SSSR count). The molecule has 0 fully saturated rings. The van der Waals surface area contributed by atoms with Crippen molar-refractivity contribution >= 4 is 47.6 Å². The molecule has 0 atom stereocenters. The lowest BCUT2D eigenvalue weighted by Crippen LogP contribution is -2.12. The number of unbranched alkanes of at least 4 members (excludes halogenated alkanes) is 10. The predicted octanol–water partition coefficient (Wildman–Crippen LogP) is 10.7. The first-order chi connectivity index (χ1) is 30.4. The molecule has 0 heterocycles. The number of aldehydes is 1. The number of methoxy groups -OCH3 is 1. The molecule has 0 saturated carbocycles. The van der Waals surface area contributed by atoms with Crippen molar-refractivity contribution in [2.75, 3.05) is 20.3 Å². The van der Waals surface area contributed by atoms with Gasteiger partial charge in [0.25, 0.3) is 11.4 Å². The summed E-state index contributed by atoms with van der Waals surface area (Å²) in [7, 11) is 1.27. The fourth-order valence-electron chi connectivity index (χ4n) is 6.09. The Labute approximate surface area is 366 Å². The average Bonchev–Trinajstić information content (AvgIpc) is 3.30. The van der Waals surface area contributed by atoms with Crippen molar-refractivity contribution in [2.45, 2.75) is 90.4 Å². The Bertz CT molecular complexity index is 2120. The molecule has 334 valence electrons. The fourth-order valence-corrected chi connectivity index (χ4v) is 6.09. The van der Waals surface area contributed by atoms with Gasteiger partial charge in [-0.3, -0.25) is 25.0 Å². The van der Waals surface area contributed by atoms with Crippen LogP contribution in [0.2, 0.25) is 0 Å². The Balaban J connectivity index is 0.000000832. The number of nitrogens with zero attached hydrogens (tertiary/aromatic N) is 2. The summed E-state index contributed by atoms with van der Waals surface area (Å²) in [5.41, 5.74) is 1.07. The summed E-state index contributed by atoms with van der Waals surface area (Å²) < 4.78 is 20.4. The first kappa shape index (κ1) is 50.3. The third kappa shape index (κ3) is 19.1. The van der Waals surface area contributed by atoms with Crippen LogP contribution in [0.1, 0.15) is 137 Å². The summed E-state index contributed by atoms with van der Waals surface area (Å²) in [4.78, 5) is 80.8. The summed E-state index contributed by atoms with van der Waals surface area (Å²) >= 11 is 0. The second kappa shape index (κ2) is 28.5. The number of nitro groups is 2. The van der Waals surface area contributed by atoms with Gasteiger partial charge in [0.1, 0.15) is 5.75 Å². The zero-order chi connectivity index (χ0) is 45.8. The normalized spacial score (nSPS) is 10.6. The van der Waals surface area contributed by atoms with Crippen LogP contribution >= 0.6 is 0 Å². The van der Waals surface area contributed by atoms with Gasteiger partial charge in [0.05, 0.1) is 52.9 Å². The van der Waals surface area contributed by atoms with E-state index in [1.807, 2.05) is 0 Å². The van der Waals surface area contributed by atoms with Crippen LogP contribution in [0.5, 0.6) is 5.75 Å². The number of ether oxygens (including phenoxy) is 4. The smallest absolute Gasteiger partial charge is 0.343 e. The molecule has 63 heavy (non-hydrogen) atoms. The Kier molecular flexibility index (Phi) is 22.8. The molecule has 0 radical (unpaired) electrons. The molecule has 0 aliphatic carbocycles. The Hall–Kier alpha value is -7.03. The largest absolute Gasteiger partial charge is 0.466 e. The number of non-ortho nitro benzene ring substituents is 2. The molecule has 0 saturated heterocycles. The van der Waals surface area contributed by atoms with Gasteiger partial charge in [0.2, 0.25) is 0 Å². The highest BCUT2D eigenvalue weighted by molar-refractivity contribution is 5.99. The molecule has 0 unspecified atom stereocenters. The molecule has 0 amide bonds. The second-order valence-electron chi connectivity index (χ2n) is 14.4. The SMILES string of the molecule is CCCCCc1ccccc1.COC(=O)C=Cc1ccc(C(=O)Oc2ccc(C=O)c(C(=O)OCCCCCCCCCCCOC(=O)c3cc([N+](=O)[O-])cc([N+](=O)[O-])c3)c2)cc1. The lowest BCUT2D eigenvalue weighted by Gasteiger charge is -2.10. The number of esters is 4. The van der Waals surface area contributed by atoms with Crippen molar-refractivity contribution in [1.29, 1.82) is 0 Å². The van der Waals surface area contributed by atoms with Crippen molar-refractivity contribution in [3.05, 3.63) is 151 Å². The standard InChI is InChI=1S/C37H38N2O13.C11H16/c1-49-34(41)18-13-26-11-14-27(15-12-26)36(43)52-32-17-16-28(25-40)33(24-32)37(44)51-20-10-8-6-4-2-3-5-7-9-19-50-35(42)29-21-30(38(45)46)23-31(22-29)39(47)48;1-2-3-5-8-11-9-6-4-7-10-11/h11-18,21-25H,2-10,19-20H2,1H3;4,6-7,9-10H,2-3,5,8H2,1H3. The van der Waals surface area contributed by atoms with Gasteiger partial charge in [-0.25, -0.2) is 19.2 Å². The third-order valence-corrected chi connectivity index (χ3v) is 9.57. The molecule has 0 aromatic heterocycles. The third-order valence-electron chi connectivity index (χ3n) is 9.57. The second-order valence-corrected chi connectivity index (χ2v) is 14.4. The number of carbonyl (C=O) groups is 5. The molecule has 4 aromatic carbocycles. The van der Waals surface area contributed by atoms with Crippen molar-refractivity contribution in [1.82, 2.24) is 0 Å². The topological polar surface area (TPSA) is 209 Å². The van der Waals surface area contributed by atoms with Gasteiger partial charge in [-0.1, -0.05) is 107 Å². The number of aryl methyl sites for hydroxylation is 1. The quantitative estimate of drug-likeness (QED) is 0.00888. The number of carbonyl (C=O) groups excluding carboxylic acids is 5. The fraction of sp³-hybridized carbons (Fsp3) is 0.354. The molecular formula is C48H54N2O13. The number of nitro benzene ring substituents is 2. The molecule has 4 aromatic rings. The lowest BCUT2D eigenvalue weighted by molar-refractivity contribution is -0.394.